The van der Waals surface area contributed by atoms with Crippen LogP contribution in [0.4, 0.5) is 0 Å². The van der Waals surface area contributed by atoms with Crippen molar-refractivity contribution in [2.75, 3.05) is 20.3 Å². The Morgan fingerprint density at radius 3 is 2.29 bits per heavy atom. The third kappa shape index (κ3) is 4.94. The summed E-state index contributed by atoms with van der Waals surface area (Å²) in [4.78, 5) is 24.7. The molecule has 1 amide bonds. The first-order valence-electron chi connectivity index (χ1n) is 9.03. The molecular weight excluding hydrogens is 308 g/mol. The molecule has 0 aromatic carbocycles. The van der Waals surface area contributed by atoms with Crippen LogP contribution < -0.4 is 5.32 Å². The fourth-order valence-electron chi connectivity index (χ4n) is 3.78. The predicted molar refractivity (Wildman–Crippen MR) is 87.8 cm³/mol. The van der Waals surface area contributed by atoms with Gasteiger partial charge in [-0.1, -0.05) is 25.7 Å². The van der Waals surface area contributed by atoms with Crippen LogP contribution in [0, 0.1) is 29.1 Å². The molecule has 1 aliphatic heterocycles. The van der Waals surface area contributed by atoms with E-state index in [2.05, 4.69) is 5.32 Å². The molecule has 6 nitrogen and oxygen atoms in total. The molecule has 2 atom stereocenters. The smallest absolute Gasteiger partial charge is 0.325 e. The molecule has 0 bridgehead atoms. The van der Waals surface area contributed by atoms with Crippen LogP contribution in [0.5, 0.6) is 0 Å². The van der Waals surface area contributed by atoms with E-state index in [-0.39, 0.29) is 17.7 Å². The number of nitrogens with one attached hydrogen (secondary N) is 1. The van der Waals surface area contributed by atoms with Crippen LogP contribution in [0.15, 0.2) is 0 Å². The van der Waals surface area contributed by atoms with Gasteiger partial charge in [-0.2, -0.15) is 5.26 Å². The Hall–Kier alpha value is -1.61. The predicted octanol–water partition coefficient (Wildman–Crippen LogP) is 2.18. The summed E-state index contributed by atoms with van der Waals surface area (Å²) < 4.78 is 10.2. The van der Waals surface area contributed by atoms with Crippen LogP contribution in [0.25, 0.3) is 0 Å². The standard InChI is InChI=1S/C18H28N2O4/c1-23-18(22)15(12-19)16(13-8-10-24-11-9-13)20-17(21)14-6-4-2-3-5-7-14/h13-16H,2-11H2,1H3,(H,20,21). The lowest BCUT2D eigenvalue weighted by molar-refractivity contribution is -0.145. The second-order valence-corrected chi connectivity index (χ2v) is 6.80. The van der Waals surface area contributed by atoms with Crippen LogP contribution in [-0.2, 0) is 19.1 Å². The average molecular weight is 336 g/mol. The molecule has 1 aliphatic carbocycles. The first kappa shape index (κ1) is 18.7. The maximum Gasteiger partial charge on any atom is 0.325 e. The van der Waals surface area contributed by atoms with Gasteiger partial charge in [-0.05, 0) is 31.6 Å². The zero-order valence-electron chi connectivity index (χ0n) is 14.5. The van der Waals surface area contributed by atoms with E-state index in [4.69, 9.17) is 9.47 Å². The molecule has 0 aromatic rings. The summed E-state index contributed by atoms with van der Waals surface area (Å²) in [6.45, 7) is 1.19. The Balaban J connectivity index is 2.10. The number of amides is 1. The fraction of sp³-hybridized carbons (Fsp3) is 0.833. The molecule has 2 aliphatic rings. The number of carbonyl (C=O) groups is 2. The molecule has 1 N–H and O–H groups in total. The van der Waals surface area contributed by atoms with Gasteiger partial charge >= 0.3 is 5.97 Å². The molecular formula is C18H28N2O4. The van der Waals surface area contributed by atoms with Crippen molar-refractivity contribution in [3.05, 3.63) is 0 Å². The Morgan fingerprint density at radius 2 is 1.75 bits per heavy atom. The SMILES string of the molecule is COC(=O)C(C#N)C(NC(=O)C1CCCCCC1)C1CCOCC1. The summed E-state index contributed by atoms with van der Waals surface area (Å²) in [5.74, 6) is -1.50. The second-order valence-electron chi connectivity index (χ2n) is 6.80. The van der Waals surface area contributed by atoms with E-state index < -0.39 is 17.9 Å². The topological polar surface area (TPSA) is 88.4 Å². The van der Waals surface area contributed by atoms with E-state index in [1.54, 1.807) is 0 Å². The van der Waals surface area contributed by atoms with Crippen molar-refractivity contribution < 1.29 is 19.1 Å². The van der Waals surface area contributed by atoms with Gasteiger partial charge in [0.2, 0.25) is 5.91 Å². The number of carbonyl (C=O) groups excluding carboxylic acids is 2. The number of hydrogen-bond acceptors (Lipinski definition) is 5. The highest BCUT2D eigenvalue weighted by molar-refractivity contribution is 5.81. The van der Waals surface area contributed by atoms with Crippen molar-refractivity contribution in [3.8, 4) is 6.07 Å². The van der Waals surface area contributed by atoms with Gasteiger partial charge in [0.15, 0.2) is 5.92 Å². The van der Waals surface area contributed by atoms with E-state index in [9.17, 15) is 14.9 Å². The van der Waals surface area contributed by atoms with E-state index in [1.165, 1.54) is 20.0 Å². The largest absolute Gasteiger partial charge is 0.468 e. The molecule has 134 valence electrons. The van der Waals surface area contributed by atoms with Crippen molar-refractivity contribution in [1.29, 1.82) is 5.26 Å². The van der Waals surface area contributed by atoms with E-state index in [1.807, 2.05) is 6.07 Å². The fourth-order valence-corrected chi connectivity index (χ4v) is 3.78. The number of rotatable bonds is 5. The second kappa shape index (κ2) is 9.63. The Morgan fingerprint density at radius 1 is 1.12 bits per heavy atom. The number of nitriles is 1. The summed E-state index contributed by atoms with van der Waals surface area (Å²) in [6, 6.07) is 1.54. The lowest BCUT2D eigenvalue weighted by atomic mass is 9.83. The van der Waals surface area contributed by atoms with Gasteiger partial charge in [0.1, 0.15) is 0 Å². The number of nitrogens with zero attached hydrogens (tertiary/aromatic N) is 1. The molecule has 0 spiro atoms. The van der Waals surface area contributed by atoms with Gasteiger partial charge in [-0.15, -0.1) is 0 Å². The van der Waals surface area contributed by atoms with E-state index >= 15 is 0 Å². The normalized spacial score (nSPS) is 22.7. The first-order valence-corrected chi connectivity index (χ1v) is 9.03. The van der Waals surface area contributed by atoms with Crippen molar-refractivity contribution >= 4 is 11.9 Å². The average Bonchev–Trinajstić information content (AvgIpc) is 2.91. The number of methoxy groups -OCH3 is 1. The zero-order valence-corrected chi connectivity index (χ0v) is 14.5. The third-order valence-electron chi connectivity index (χ3n) is 5.26. The van der Waals surface area contributed by atoms with Crippen LogP contribution >= 0.6 is 0 Å². The number of esters is 1. The minimum Gasteiger partial charge on any atom is -0.468 e. The Bertz CT molecular complexity index is 460. The summed E-state index contributed by atoms with van der Waals surface area (Å²) in [5, 5.41) is 12.5. The highest BCUT2D eigenvalue weighted by atomic mass is 16.5. The monoisotopic (exact) mass is 336 g/mol. The van der Waals surface area contributed by atoms with Crippen molar-refractivity contribution in [2.24, 2.45) is 17.8 Å². The molecule has 0 aromatic heterocycles. The number of hydrogen-bond donors (Lipinski definition) is 1. The lowest BCUT2D eigenvalue weighted by Gasteiger charge is -2.33. The molecule has 2 fully saturated rings. The molecule has 2 unspecified atom stereocenters. The molecule has 2 rings (SSSR count). The molecule has 1 heterocycles. The lowest BCUT2D eigenvalue weighted by Crippen LogP contribution is -2.50. The van der Waals surface area contributed by atoms with Crippen LogP contribution in [0.1, 0.15) is 51.4 Å². The van der Waals surface area contributed by atoms with Gasteiger partial charge in [0.25, 0.3) is 0 Å². The van der Waals surface area contributed by atoms with Gasteiger partial charge in [0, 0.05) is 19.1 Å². The molecule has 6 heteroatoms. The summed E-state index contributed by atoms with van der Waals surface area (Å²) in [5.41, 5.74) is 0. The van der Waals surface area contributed by atoms with Gasteiger partial charge < -0.3 is 14.8 Å². The molecule has 1 saturated carbocycles. The van der Waals surface area contributed by atoms with Crippen LogP contribution in [-0.4, -0.2) is 38.2 Å². The van der Waals surface area contributed by atoms with Gasteiger partial charge in [0.05, 0.1) is 19.2 Å². The third-order valence-corrected chi connectivity index (χ3v) is 5.26. The maximum atomic E-state index is 12.7. The number of ether oxygens (including phenoxy) is 2. The van der Waals surface area contributed by atoms with Crippen molar-refractivity contribution in [1.82, 2.24) is 5.32 Å². The van der Waals surface area contributed by atoms with E-state index in [0.29, 0.717) is 13.2 Å². The van der Waals surface area contributed by atoms with Gasteiger partial charge in [-0.3, -0.25) is 9.59 Å². The van der Waals surface area contributed by atoms with Gasteiger partial charge in [-0.25, -0.2) is 0 Å². The summed E-state index contributed by atoms with van der Waals surface area (Å²) >= 11 is 0. The summed E-state index contributed by atoms with van der Waals surface area (Å²) in [7, 11) is 1.28. The Kier molecular flexibility index (Phi) is 7.51. The highest BCUT2D eigenvalue weighted by Crippen LogP contribution is 2.27. The first-order chi connectivity index (χ1) is 11.7. The van der Waals surface area contributed by atoms with Crippen LogP contribution in [0.2, 0.25) is 0 Å². The molecule has 1 saturated heterocycles. The van der Waals surface area contributed by atoms with Crippen LogP contribution in [0.3, 0.4) is 0 Å². The maximum absolute atomic E-state index is 12.7. The van der Waals surface area contributed by atoms with E-state index in [0.717, 1.165) is 38.5 Å². The molecule has 24 heavy (non-hydrogen) atoms. The quantitative estimate of drug-likeness (QED) is 0.614. The summed E-state index contributed by atoms with van der Waals surface area (Å²) in [6.07, 6.45) is 7.75. The minimum atomic E-state index is -0.965. The molecule has 0 radical (unpaired) electrons. The highest BCUT2D eigenvalue weighted by Gasteiger charge is 2.38. The Labute approximate surface area is 143 Å². The van der Waals surface area contributed by atoms with Crippen molar-refractivity contribution in [3.63, 3.8) is 0 Å². The van der Waals surface area contributed by atoms with Crippen molar-refractivity contribution in [2.45, 2.75) is 57.4 Å². The zero-order chi connectivity index (χ0) is 17.4. The minimum absolute atomic E-state index is 0.00756.